The summed E-state index contributed by atoms with van der Waals surface area (Å²) in [5.41, 5.74) is 1.97. The summed E-state index contributed by atoms with van der Waals surface area (Å²) in [6.45, 7) is 4.25. The van der Waals surface area contributed by atoms with Crippen molar-refractivity contribution in [3.8, 4) is 23.0 Å². The first-order chi connectivity index (χ1) is 19.0. The van der Waals surface area contributed by atoms with Crippen molar-refractivity contribution in [2.45, 2.75) is 44.7 Å². The maximum absolute atomic E-state index is 9.44. The van der Waals surface area contributed by atoms with Crippen LogP contribution in [-0.2, 0) is 5.41 Å². The number of ether oxygens (including phenoxy) is 4. The minimum atomic E-state index is -0.593. The summed E-state index contributed by atoms with van der Waals surface area (Å²) < 4.78 is 23.8. The van der Waals surface area contributed by atoms with Gasteiger partial charge in [0.25, 0.3) is 0 Å². The lowest BCUT2D eigenvalue weighted by atomic mass is 9.78. The average molecular weight is 529 g/mol. The summed E-state index contributed by atoms with van der Waals surface area (Å²) in [4.78, 5) is 0. The summed E-state index contributed by atoms with van der Waals surface area (Å²) in [7, 11) is 0. The molecule has 4 aromatic rings. The Morgan fingerprint density at radius 1 is 0.487 bits per heavy atom. The summed E-state index contributed by atoms with van der Waals surface area (Å²) in [6.07, 6.45) is -0.480. The van der Waals surface area contributed by atoms with Crippen molar-refractivity contribution >= 4 is 0 Å². The molecule has 6 nitrogen and oxygen atoms in total. The van der Waals surface area contributed by atoms with Gasteiger partial charge in [0.2, 0.25) is 12.6 Å². The lowest BCUT2D eigenvalue weighted by Gasteiger charge is -2.27. The highest BCUT2D eigenvalue weighted by atomic mass is 16.7. The van der Waals surface area contributed by atoms with E-state index >= 15 is 0 Å². The van der Waals surface area contributed by atoms with Gasteiger partial charge >= 0.3 is 0 Å². The second kappa shape index (κ2) is 13.7. The van der Waals surface area contributed by atoms with E-state index in [0.717, 1.165) is 11.1 Å². The molecule has 0 aliphatic carbocycles. The molecular weight excluding hydrogens is 492 g/mol. The zero-order chi connectivity index (χ0) is 27.5. The molecule has 0 saturated heterocycles. The first-order valence-corrected chi connectivity index (χ1v) is 13.2. The normalized spacial score (nSPS) is 12.8. The fourth-order valence-electron chi connectivity index (χ4n) is 4.17. The minimum Gasteiger partial charge on any atom is -0.455 e. The van der Waals surface area contributed by atoms with E-state index < -0.39 is 12.6 Å². The molecule has 0 aliphatic rings. The molecule has 0 radical (unpaired) electrons. The highest BCUT2D eigenvalue weighted by molar-refractivity contribution is 5.42. The molecule has 0 bridgehead atoms. The summed E-state index contributed by atoms with van der Waals surface area (Å²) in [5.74, 6) is 2.72. The first-order valence-electron chi connectivity index (χ1n) is 13.2. The van der Waals surface area contributed by atoms with Crippen LogP contribution in [0.25, 0.3) is 0 Å². The third-order valence-electron chi connectivity index (χ3n) is 6.44. The topological polar surface area (TPSA) is 77.4 Å². The Balaban J connectivity index is 1.40. The van der Waals surface area contributed by atoms with E-state index in [1.165, 1.54) is 0 Å². The SMILES string of the molecule is CC(C)(c1ccc(OC(CCO)Oc2ccccc2)cc1)c1ccc(OC(CCO)Oc2ccccc2)cc1. The summed E-state index contributed by atoms with van der Waals surface area (Å²) >= 11 is 0. The third kappa shape index (κ3) is 7.99. The van der Waals surface area contributed by atoms with E-state index in [-0.39, 0.29) is 18.6 Å². The van der Waals surface area contributed by atoms with Crippen molar-refractivity contribution in [1.82, 2.24) is 0 Å². The number of hydrogen-bond donors (Lipinski definition) is 2. The van der Waals surface area contributed by atoms with Crippen molar-refractivity contribution in [2.24, 2.45) is 0 Å². The molecule has 0 spiro atoms. The van der Waals surface area contributed by atoms with E-state index in [9.17, 15) is 10.2 Å². The van der Waals surface area contributed by atoms with E-state index in [2.05, 4.69) is 13.8 Å². The Morgan fingerprint density at radius 2 is 0.795 bits per heavy atom. The van der Waals surface area contributed by atoms with Crippen molar-refractivity contribution in [3.05, 3.63) is 120 Å². The number of rotatable bonds is 14. The van der Waals surface area contributed by atoms with Crippen molar-refractivity contribution < 1.29 is 29.2 Å². The zero-order valence-corrected chi connectivity index (χ0v) is 22.4. The molecule has 2 N–H and O–H groups in total. The van der Waals surface area contributed by atoms with Crippen LogP contribution in [0.2, 0.25) is 0 Å². The lowest BCUT2D eigenvalue weighted by Crippen LogP contribution is -2.25. The van der Waals surface area contributed by atoms with Crippen molar-refractivity contribution in [3.63, 3.8) is 0 Å². The lowest BCUT2D eigenvalue weighted by molar-refractivity contribution is -0.0120. The Kier molecular flexibility index (Phi) is 9.84. The van der Waals surface area contributed by atoms with Crippen molar-refractivity contribution in [2.75, 3.05) is 13.2 Å². The van der Waals surface area contributed by atoms with E-state index in [0.29, 0.717) is 35.8 Å². The molecule has 204 valence electrons. The van der Waals surface area contributed by atoms with Crippen LogP contribution in [0, 0.1) is 0 Å². The van der Waals surface area contributed by atoms with Crippen LogP contribution in [0.5, 0.6) is 23.0 Å². The second-order valence-electron chi connectivity index (χ2n) is 9.65. The predicted molar refractivity (Wildman–Crippen MR) is 151 cm³/mol. The largest absolute Gasteiger partial charge is 0.455 e. The molecule has 0 fully saturated rings. The van der Waals surface area contributed by atoms with Crippen LogP contribution in [0.1, 0.15) is 37.8 Å². The molecule has 2 unspecified atom stereocenters. The average Bonchev–Trinajstić information content (AvgIpc) is 2.95. The van der Waals surface area contributed by atoms with Gasteiger partial charge in [-0.15, -0.1) is 0 Å². The van der Waals surface area contributed by atoms with Crippen LogP contribution >= 0.6 is 0 Å². The summed E-state index contributed by atoms with van der Waals surface area (Å²) in [5, 5.41) is 18.9. The van der Waals surface area contributed by atoms with Crippen LogP contribution < -0.4 is 18.9 Å². The first kappa shape index (κ1) is 28.0. The zero-order valence-electron chi connectivity index (χ0n) is 22.4. The maximum atomic E-state index is 9.44. The molecule has 2 atom stereocenters. The van der Waals surface area contributed by atoms with Crippen LogP contribution in [0.4, 0.5) is 0 Å². The monoisotopic (exact) mass is 528 g/mol. The van der Waals surface area contributed by atoms with Crippen LogP contribution in [-0.4, -0.2) is 36.0 Å². The Bertz CT molecular complexity index is 1140. The number of hydrogen-bond acceptors (Lipinski definition) is 6. The van der Waals surface area contributed by atoms with Gasteiger partial charge in [0.05, 0.1) is 13.2 Å². The molecule has 6 heteroatoms. The third-order valence-corrected chi connectivity index (χ3v) is 6.44. The predicted octanol–water partition coefficient (Wildman–Crippen LogP) is 6.35. The van der Waals surface area contributed by atoms with Gasteiger partial charge in [-0.05, 0) is 59.7 Å². The van der Waals surface area contributed by atoms with E-state index in [4.69, 9.17) is 18.9 Å². The standard InChI is InChI=1S/C33H36O6/c1-33(2,25-13-17-29(18-14-25)38-31(21-23-34)36-27-9-5-3-6-10-27)26-15-19-30(20-16-26)39-32(22-24-35)37-28-11-7-4-8-12-28/h3-20,31-32,34-35H,21-24H2,1-2H3. The number of aliphatic hydroxyl groups excluding tert-OH is 2. The fraction of sp³-hybridized carbons (Fsp3) is 0.273. The highest BCUT2D eigenvalue weighted by Crippen LogP contribution is 2.34. The van der Waals surface area contributed by atoms with Gasteiger partial charge in [-0.1, -0.05) is 74.5 Å². The Morgan fingerprint density at radius 3 is 1.10 bits per heavy atom. The van der Waals surface area contributed by atoms with Gasteiger partial charge in [-0.2, -0.15) is 0 Å². The van der Waals surface area contributed by atoms with Gasteiger partial charge < -0.3 is 29.2 Å². The van der Waals surface area contributed by atoms with Crippen molar-refractivity contribution in [1.29, 1.82) is 0 Å². The van der Waals surface area contributed by atoms with Crippen LogP contribution in [0.3, 0.4) is 0 Å². The van der Waals surface area contributed by atoms with Crippen LogP contribution in [0.15, 0.2) is 109 Å². The Hall–Kier alpha value is -4.00. The molecular formula is C33H36O6. The molecule has 0 saturated carbocycles. The highest BCUT2D eigenvalue weighted by Gasteiger charge is 2.24. The molecule has 39 heavy (non-hydrogen) atoms. The number of benzene rings is 4. The minimum absolute atomic E-state index is 0.0402. The molecule has 0 heterocycles. The van der Waals surface area contributed by atoms with Gasteiger partial charge in [0.15, 0.2) is 0 Å². The molecule has 4 aromatic carbocycles. The quantitative estimate of drug-likeness (QED) is 0.186. The second-order valence-corrected chi connectivity index (χ2v) is 9.65. The summed E-state index contributed by atoms with van der Waals surface area (Å²) in [6, 6.07) is 34.7. The smallest absolute Gasteiger partial charge is 0.243 e. The fourth-order valence-corrected chi connectivity index (χ4v) is 4.17. The van der Waals surface area contributed by atoms with E-state index in [1.807, 2.05) is 109 Å². The van der Waals surface area contributed by atoms with E-state index in [1.54, 1.807) is 0 Å². The van der Waals surface area contributed by atoms with Gasteiger partial charge in [-0.25, -0.2) is 0 Å². The molecule has 0 aliphatic heterocycles. The molecule has 4 rings (SSSR count). The number of aliphatic hydroxyl groups is 2. The maximum Gasteiger partial charge on any atom is 0.243 e. The number of para-hydroxylation sites is 2. The van der Waals surface area contributed by atoms with Gasteiger partial charge in [0.1, 0.15) is 23.0 Å². The Labute approximate surface area is 230 Å². The van der Waals surface area contributed by atoms with Gasteiger partial charge in [0, 0.05) is 18.3 Å². The molecule has 0 aromatic heterocycles. The molecule has 0 amide bonds. The van der Waals surface area contributed by atoms with Gasteiger partial charge in [-0.3, -0.25) is 0 Å².